The standard InChI is InChI=1S/C29H33Cl2F4N5O3/c1-5-43-24-17(25(41)37-16-9-7-15(8-10-16)29(33,34)35)12-19-23(21(24)32)40-27(38-19)39-22-18(30)11-6-14(20(22)31)13-36-26(42)28(2,3)4/h6,11-12,15-16H,5,7-10,13H2,1-4H3,(H,36,42)(H,37,41)(H2,38,39,40). The lowest BCUT2D eigenvalue weighted by Crippen LogP contribution is -2.40. The van der Waals surface area contributed by atoms with Crippen LogP contribution in [0.15, 0.2) is 18.2 Å². The maximum absolute atomic E-state index is 15.7. The molecule has 3 aromatic rings. The number of carbonyl (C=O) groups excluding carboxylic acids is 2. The molecule has 0 spiro atoms. The van der Waals surface area contributed by atoms with Crippen molar-refractivity contribution < 1.29 is 31.9 Å². The van der Waals surface area contributed by atoms with Crippen molar-refractivity contribution in [2.45, 2.75) is 72.1 Å². The monoisotopic (exact) mass is 645 g/mol. The number of imidazole rings is 1. The molecule has 1 aliphatic carbocycles. The summed E-state index contributed by atoms with van der Waals surface area (Å²) in [6.07, 6.45) is -4.14. The van der Waals surface area contributed by atoms with Gasteiger partial charge in [0.2, 0.25) is 11.9 Å². The molecule has 1 heterocycles. The molecule has 2 amide bonds. The van der Waals surface area contributed by atoms with Gasteiger partial charge in [-0.05, 0) is 50.3 Å². The first-order valence-corrected chi connectivity index (χ1v) is 14.6. The molecule has 0 saturated heterocycles. The van der Waals surface area contributed by atoms with Crippen LogP contribution < -0.4 is 20.7 Å². The SMILES string of the molecule is CCOc1c(C(=O)NC2CCC(C(F)(F)F)CC2)cc2[nH]c(Nc3c(Cl)ccc(CNC(=O)C(C)(C)C)c3Cl)nc2c1F. The van der Waals surface area contributed by atoms with Crippen molar-refractivity contribution in [3.63, 3.8) is 0 Å². The third-order valence-corrected chi connectivity index (χ3v) is 8.01. The molecule has 43 heavy (non-hydrogen) atoms. The average molecular weight is 647 g/mol. The molecular formula is C29H33Cl2F4N5O3. The Morgan fingerprint density at radius 2 is 1.79 bits per heavy atom. The highest BCUT2D eigenvalue weighted by Crippen LogP contribution is 2.39. The quantitative estimate of drug-likeness (QED) is 0.188. The van der Waals surface area contributed by atoms with E-state index in [2.05, 4.69) is 25.9 Å². The fourth-order valence-electron chi connectivity index (χ4n) is 4.84. The molecule has 1 saturated carbocycles. The van der Waals surface area contributed by atoms with Crippen LogP contribution in [0.5, 0.6) is 5.75 Å². The van der Waals surface area contributed by atoms with Crippen LogP contribution in [0, 0.1) is 17.2 Å². The van der Waals surface area contributed by atoms with Crippen molar-refractivity contribution in [2.75, 3.05) is 11.9 Å². The third kappa shape index (κ3) is 7.46. The molecule has 2 aromatic carbocycles. The zero-order valence-electron chi connectivity index (χ0n) is 24.1. The Bertz CT molecular complexity index is 1510. The van der Waals surface area contributed by atoms with Crippen LogP contribution in [0.1, 0.15) is 69.3 Å². The zero-order chi connectivity index (χ0) is 31.7. The van der Waals surface area contributed by atoms with Crippen molar-refractivity contribution in [2.24, 2.45) is 11.3 Å². The van der Waals surface area contributed by atoms with Crippen molar-refractivity contribution in [1.29, 1.82) is 0 Å². The normalized spacial score (nSPS) is 17.5. The summed E-state index contributed by atoms with van der Waals surface area (Å²) in [6.45, 7) is 7.18. The number of H-pyrrole nitrogens is 1. The molecule has 234 valence electrons. The Hall–Kier alpha value is -3.25. The number of alkyl halides is 3. The van der Waals surface area contributed by atoms with E-state index in [0.29, 0.717) is 5.56 Å². The number of fused-ring (bicyclic) bond motifs is 1. The molecule has 1 aromatic heterocycles. The first-order valence-electron chi connectivity index (χ1n) is 13.8. The number of amides is 2. The molecule has 0 atom stereocenters. The van der Waals surface area contributed by atoms with E-state index in [1.807, 2.05) is 0 Å². The number of nitrogens with zero attached hydrogens (tertiary/aromatic N) is 1. The lowest BCUT2D eigenvalue weighted by Gasteiger charge is -2.30. The van der Waals surface area contributed by atoms with Gasteiger partial charge < -0.3 is 25.7 Å². The van der Waals surface area contributed by atoms with Gasteiger partial charge in [-0.15, -0.1) is 0 Å². The highest BCUT2D eigenvalue weighted by Gasteiger charge is 2.41. The Morgan fingerprint density at radius 3 is 2.40 bits per heavy atom. The number of benzene rings is 2. The Morgan fingerprint density at radius 1 is 1.12 bits per heavy atom. The van der Waals surface area contributed by atoms with Crippen molar-refractivity contribution in [3.8, 4) is 5.75 Å². The summed E-state index contributed by atoms with van der Waals surface area (Å²) in [7, 11) is 0. The van der Waals surface area contributed by atoms with Crippen LogP contribution in [-0.4, -0.2) is 40.6 Å². The molecule has 14 heteroatoms. The maximum atomic E-state index is 15.7. The van der Waals surface area contributed by atoms with Crippen LogP contribution in [-0.2, 0) is 11.3 Å². The highest BCUT2D eigenvalue weighted by atomic mass is 35.5. The number of carbonyl (C=O) groups is 2. The number of hydrogen-bond donors (Lipinski definition) is 4. The molecule has 0 bridgehead atoms. The Kier molecular flexibility index (Phi) is 9.70. The summed E-state index contributed by atoms with van der Waals surface area (Å²) in [5.74, 6) is -3.36. The minimum absolute atomic E-state index is 0.0543. The van der Waals surface area contributed by atoms with Crippen molar-refractivity contribution >= 4 is 57.7 Å². The van der Waals surface area contributed by atoms with Crippen LogP contribution in [0.3, 0.4) is 0 Å². The zero-order valence-corrected chi connectivity index (χ0v) is 25.6. The summed E-state index contributed by atoms with van der Waals surface area (Å²) < 4.78 is 60.2. The van der Waals surface area contributed by atoms with E-state index >= 15 is 4.39 Å². The first kappa shape index (κ1) is 32.7. The van der Waals surface area contributed by atoms with Crippen LogP contribution in [0.25, 0.3) is 11.0 Å². The van der Waals surface area contributed by atoms with Crippen molar-refractivity contribution in [1.82, 2.24) is 20.6 Å². The van der Waals surface area contributed by atoms with E-state index in [4.69, 9.17) is 27.9 Å². The molecule has 0 aliphatic heterocycles. The van der Waals surface area contributed by atoms with Gasteiger partial charge in [0.1, 0.15) is 5.52 Å². The summed E-state index contributed by atoms with van der Waals surface area (Å²) in [5, 5.41) is 8.97. The lowest BCUT2D eigenvalue weighted by molar-refractivity contribution is -0.182. The summed E-state index contributed by atoms with van der Waals surface area (Å²) >= 11 is 13.0. The summed E-state index contributed by atoms with van der Waals surface area (Å²) in [6, 6.07) is 4.16. The molecule has 1 fully saturated rings. The van der Waals surface area contributed by atoms with Crippen LogP contribution in [0.2, 0.25) is 10.0 Å². The molecule has 1 aliphatic rings. The summed E-state index contributed by atoms with van der Waals surface area (Å²) in [4.78, 5) is 32.7. The molecule has 0 unspecified atom stereocenters. The molecule has 4 N–H and O–H groups in total. The van der Waals surface area contributed by atoms with E-state index in [9.17, 15) is 22.8 Å². The van der Waals surface area contributed by atoms with Gasteiger partial charge in [-0.1, -0.05) is 50.0 Å². The van der Waals surface area contributed by atoms with Gasteiger partial charge >= 0.3 is 6.18 Å². The van der Waals surface area contributed by atoms with Gasteiger partial charge in [-0.2, -0.15) is 13.2 Å². The lowest BCUT2D eigenvalue weighted by atomic mass is 9.85. The minimum Gasteiger partial charge on any atom is -0.490 e. The minimum atomic E-state index is -4.27. The van der Waals surface area contributed by atoms with Crippen LogP contribution in [0.4, 0.5) is 29.2 Å². The number of halogens is 6. The molecule has 4 rings (SSSR count). The molecule has 0 radical (unpaired) electrons. The van der Waals surface area contributed by atoms with Gasteiger partial charge in [0.25, 0.3) is 5.91 Å². The molecular weight excluding hydrogens is 613 g/mol. The fraction of sp³-hybridized carbons (Fsp3) is 0.483. The number of nitrogens with one attached hydrogen (secondary N) is 4. The van der Waals surface area contributed by atoms with E-state index in [-0.39, 0.29) is 88.8 Å². The summed E-state index contributed by atoms with van der Waals surface area (Å²) in [5.41, 5.74) is 0.177. The van der Waals surface area contributed by atoms with Gasteiger partial charge in [-0.25, -0.2) is 9.37 Å². The van der Waals surface area contributed by atoms with Gasteiger partial charge in [-0.3, -0.25) is 9.59 Å². The van der Waals surface area contributed by atoms with E-state index in [1.165, 1.54) is 6.07 Å². The predicted molar refractivity (Wildman–Crippen MR) is 158 cm³/mol. The number of hydrogen-bond acceptors (Lipinski definition) is 5. The smallest absolute Gasteiger partial charge is 0.391 e. The predicted octanol–water partition coefficient (Wildman–Crippen LogP) is 7.66. The highest BCUT2D eigenvalue weighted by molar-refractivity contribution is 6.39. The average Bonchev–Trinajstić information content (AvgIpc) is 3.34. The number of rotatable bonds is 8. The number of ether oxygens (including phenoxy) is 1. The second kappa shape index (κ2) is 12.8. The topological polar surface area (TPSA) is 108 Å². The van der Waals surface area contributed by atoms with Crippen LogP contribution >= 0.6 is 23.2 Å². The van der Waals surface area contributed by atoms with E-state index in [1.54, 1.807) is 39.8 Å². The number of aromatic nitrogens is 2. The Labute approximate surface area is 256 Å². The second-order valence-corrected chi connectivity index (χ2v) is 12.3. The van der Waals surface area contributed by atoms with Gasteiger partial charge in [0.15, 0.2) is 11.6 Å². The number of anilines is 2. The van der Waals surface area contributed by atoms with E-state index in [0.717, 1.165) is 0 Å². The second-order valence-electron chi connectivity index (χ2n) is 11.5. The van der Waals surface area contributed by atoms with E-state index < -0.39 is 35.3 Å². The van der Waals surface area contributed by atoms with Gasteiger partial charge in [0, 0.05) is 18.0 Å². The Balaban J connectivity index is 1.58. The largest absolute Gasteiger partial charge is 0.490 e. The van der Waals surface area contributed by atoms with Crippen molar-refractivity contribution in [3.05, 3.63) is 45.2 Å². The first-order chi connectivity index (χ1) is 20.1. The molecule has 8 nitrogen and oxygen atoms in total. The fourth-order valence-corrected chi connectivity index (χ4v) is 5.37. The number of aromatic amines is 1. The third-order valence-electron chi connectivity index (χ3n) is 7.27. The van der Waals surface area contributed by atoms with Gasteiger partial charge in [0.05, 0.1) is 39.3 Å². The maximum Gasteiger partial charge on any atom is 0.391 e.